The van der Waals surface area contributed by atoms with E-state index in [1.807, 2.05) is 42.6 Å². The fourth-order valence-electron chi connectivity index (χ4n) is 4.16. The van der Waals surface area contributed by atoms with Crippen LogP contribution in [0.5, 0.6) is 5.75 Å². The zero-order valence-electron chi connectivity index (χ0n) is 21.9. The summed E-state index contributed by atoms with van der Waals surface area (Å²) in [7, 11) is 1.64. The highest BCUT2D eigenvalue weighted by Crippen LogP contribution is 2.29. The Hall–Kier alpha value is -3.13. The van der Waals surface area contributed by atoms with Crippen LogP contribution >= 0.6 is 11.3 Å². The number of thiazole rings is 1. The molecule has 1 amide bonds. The van der Waals surface area contributed by atoms with Gasteiger partial charge in [0, 0.05) is 24.2 Å². The average molecular weight is 512 g/mol. The van der Waals surface area contributed by atoms with Gasteiger partial charge in [0.05, 0.1) is 30.7 Å². The molecule has 1 aromatic carbocycles. The lowest BCUT2D eigenvalue weighted by Gasteiger charge is -2.15. The molecule has 0 radical (unpaired) electrons. The van der Waals surface area contributed by atoms with Crippen LogP contribution in [0.2, 0.25) is 0 Å². The number of methoxy groups -OCH3 is 1. The van der Waals surface area contributed by atoms with Gasteiger partial charge in [-0.1, -0.05) is 45.2 Å². The van der Waals surface area contributed by atoms with Crippen LogP contribution in [0.1, 0.15) is 77.9 Å². The number of nitrogens with one attached hydrogen (secondary N) is 1. The Balaban J connectivity index is 1.92. The molecular formula is C28H37N3O4S. The Labute approximate surface area is 217 Å². The maximum absolute atomic E-state index is 13.3. The van der Waals surface area contributed by atoms with Gasteiger partial charge in [0.25, 0.3) is 5.91 Å². The van der Waals surface area contributed by atoms with Gasteiger partial charge in [-0.2, -0.15) is 0 Å². The standard InChI is InChI=1S/C28H37N3O4S/c1-6-9-10-20(7-2)16-29-26(32)23-15-25(24-18-36-27(30-24)28(33)35-8-3)31(19(23)4)17-21-11-13-22(34-5)14-12-21/h11-15,18,20H,6-10,16-17H2,1-5H3,(H,29,32). The number of unbranched alkanes of at least 4 members (excludes halogenated alkanes) is 1. The Bertz CT molecular complexity index is 1150. The van der Waals surface area contributed by atoms with Crippen LogP contribution in [0.15, 0.2) is 35.7 Å². The molecule has 2 aromatic heterocycles. The van der Waals surface area contributed by atoms with Crippen LogP contribution in [0.3, 0.4) is 0 Å². The van der Waals surface area contributed by atoms with Crippen LogP contribution in [-0.2, 0) is 11.3 Å². The molecule has 1 atom stereocenters. The Kier molecular flexibility index (Phi) is 10.1. The maximum Gasteiger partial charge on any atom is 0.367 e. The van der Waals surface area contributed by atoms with Crippen molar-refractivity contribution in [3.05, 3.63) is 57.5 Å². The van der Waals surface area contributed by atoms with E-state index in [9.17, 15) is 9.59 Å². The highest BCUT2D eigenvalue weighted by Gasteiger charge is 2.22. The summed E-state index contributed by atoms with van der Waals surface area (Å²) in [4.78, 5) is 30.0. The summed E-state index contributed by atoms with van der Waals surface area (Å²) in [5.41, 5.74) is 3.97. The first-order valence-electron chi connectivity index (χ1n) is 12.7. The SMILES string of the molecule is CCCCC(CC)CNC(=O)c1cc(-c2csc(C(=O)OCC)n2)n(Cc2ccc(OC)cc2)c1C. The van der Waals surface area contributed by atoms with Crippen LogP contribution in [0, 0.1) is 12.8 Å². The van der Waals surface area contributed by atoms with Gasteiger partial charge in [0.1, 0.15) is 5.75 Å². The predicted molar refractivity (Wildman–Crippen MR) is 144 cm³/mol. The molecule has 2 heterocycles. The Morgan fingerprint density at radius 1 is 1.17 bits per heavy atom. The third-order valence-electron chi connectivity index (χ3n) is 6.42. The molecule has 7 nitrogen and oxygen atoms in total. The first kappa shape index (κ1) is 27.5. The topological polar surface area (TPSA) is 82.5 Å². The second-order valence-electron chi connectivity index (χ2n) is 8.85. The summed E-state index contributed by atoms with van der Waals surface area (Å²) in [5, 5.41) is 5.29. The first-order chi connectivity index (χ1) is 17.4. The largest absolute Gasteiger partial charge is 0.497 e. The van der Waals surface area contributed by atoms with Crippen molar-refractivity contribution in [2.75, 3.05) is 20.3 Å². The van der Waals surface area contributed by atoms with Gasteiger partial charge in [0.15, 0.2) is 0 Å². The van der Waals surface area contributed by atoms with Crippen molar-refractivity contribution in [3.63, 3.8) is 0 Å². The summed E-state index contributed by atoms with van der Waals surface area (Å²) in [6, 6.07) is 9.73. The summed E-state index contributed by atoms with van der Waals surface area (Å²) in [6.45, 7) is 9.59. The van der Waals surface area contributed by atoms with E-state index >= 15 is 0 Å². The van der Waals surface area contributed by atoms with Crippen molar-refractivity contribution in [1.82, 2.24) is 14.9 Å². The summed E-state index contributed by atoms with van der Waals surface area (Å²) in [6.07, 6.45) is 4.48. The smallest absolute Gasteiger partial charge is 0.367 e. The molecule has 0 aliphatic rings. The van der Waals surface area contributed by atoms with E-state index in [1.165, 1.54) is 17.8 Å². The third kappa shape index (κ3) is 6.75. The summed E-state index contributed by atoms with van der Waals surface area (Å²) >= 11 is 1.24. The van der Waals surface area contributed by atoms with E-state index in [-0.39, 0.29) is 5.91 Å². The molecule has 1 N–H and O–H groups in total. The third-order valence-corrected chi connectivity index (χ3v) is 7.24. The van der Waals surface area contributed by atoms with Gasteiger partial charge in [-0.25, -0.2) is 9.78 Å². The normalized spacial score (nSPS) is 11.8. The number of amides is 1. The molecule has 0 bridgehead atoms. The lowest BCUT2D eigenvalue weighted by molar-refractivity contribution is 0.0526. The molecule has 0 fully saturated rings. The van der Waals surface area contributed by atoms with Gasteiger partial charge < -0.3 is 19.4 Å². The summed E-state index contributed by atoms with van der Waals surface area (Å²) in [5.74, 6) is 0.739. The molecule has 0 aliphatic heterocycles. The Morgan fingerprint density at radius 2 is 1.92 bits per heavy atom. The molecule has 8 heteroatoms. The van der Waals surface area contributed by atoms with Crippen LogP contribution in [0.4, 0.5) is 0 Å². The number of hydrogen-bond donors (Lipinski definition) is 1. The van der Waals surface area contributed by atoms with E-state index in [1.54, 1.807) is 14.0 Å². The van der Waals surface area contributed by atoms with Gasteiger partial charge in [-0.15, -0.1) is 11.3 Å². The molecule has 3 rings (SSSR count). The van der Waals surface area contributed by atoms with Crippen molar-refractivity contribution in [1.29, 1.82) is 0 Å². The molecule has 0 spiro atoms. The number of ether oxygens (including phenoxy) is 2. The van der Waals surface area contributed by atoms with Crippen molar-refractivity contribution in [2.45, 2.75) is 59.9 Å². The number of hydrogen-bond acceptors (Lipinski definition) is 6. The minimum atomic E-state index is -0.436. The number of carbonyl (C=O) groups is 2. The predicted octanol–water partition coefficient (Wildman–Crippen LogP) is 6.10. The van der Waals surface area contributed by atoms with Crippen molar-refractivity contribution < 1.29 is 19.1 Å². The maximum atomic E-state index is 13.3. The van der Waals surface area contributed by atoms with E-state index in [0.717, 1.165) is 42.0 Å². The number of nitrogens with zero attached hydrogens (tertiary/aromatic N) is 2. The number of esters is 1. The fourth-order valence-corrected chi connectivity index (χ4v) is 4.86. The van der Waals surface area contributed by atoms with E-state index in [0.29, 0.717) is 41.9 Å². The van der Waals surface area contributed by atoms with Gasteiger partial charge in [-0.05, 0) is 49.9 Å². The molecule has 36 heavy (non-hydrogen) atoms. The summed E-state index contributed by atoms with van der Waals surface area (Å²) < 4.78 is 12.5. The second kappa shape index (κ2) is 13.3. The minimum Gasteiger partial charge on any atom is -0.497 e. The lowest BCUT2D eigenvalue weighted by Crippen LogP contribution is -2.29. The van der Waals surface area contributed by atoms with Crippen molar-refractivity contribution >= 4 is 23.2 Å². The van der Waals surface area contributed by atoms with E-state index in [4.69, 9.17) is 9.47 Å². The molecule has 0 aliphatic carbocycles. The zero-order chi connectivity index (χ0) is 26.1. The number of benzene rings is 1. The van der Waals surface area contributed by atoms with Gasteiger partial charge in [0.2, 0.25) is 5.01 Å². The van der Waals surface area contributed by atoms with Gasteiger partial charge >= 0.3 is 5.97 Å². The highest BCUT2D eigenvalue weighted by molar-refractivity contribution is 7.11. The van der Waals surface area contributed by atoms with Crippen LogP contribution < -0.4 is 10.1 Å². The van der Waals surface area contributed by atoms with Crippen LogP contribution in [0.25, 0.3) is 11.4 Å². The zero-order valence-corrected chi connectivity index (χ0v) is 22.7. The van der Waals surface area contributed by atoms with Crippen molar-refractivity contribution in [3.8, 4) is 17.1 Å². The monoisotopic (exact) mass is 511 g/mol. The average Bonchev–Trinajstić information content (AvgIpc) is 3.50. The quantitative estimate of drug-likeness (QED) is 0.280. The molecule has 1 unspecified atom stereocenters. The molecular weight excluding hydrogens is 474 g/mol. The lowest BCUT2D eigenvalue weighted by atomic mass is 9.99. The fraction of sp³-hybridized carbons (Fsp3) is 0.464. The number of carbonyl (C=O) groups excluding carboxylic acids is 2. The van der Waals surface area contributed by atoms with Crippen molar-refractivity contribution in [2.24, 2.45) is 5.92 Å². The van der Waals surface area contributed by atoms with E-state index in [2.05, 4.69) is 28.7 Å². The molecule has 194 valence electrons. The Morgan fingerprint density at radius 3 is 2.56 bits per heavy atom. The van der Waals surface area contributed by atoms with Crippen LogP contribution in [-0.4, -0.2) is 41.7 Å². The van der Waals surface area contributed by atoms with Gasteiger partial charge in [-0.3, -0.25) is 4.79 Å². The number of aromatic nitrogens is 2. The van der Waals surface area contributed by atoms with E-state index < -0.39 is 5.97 Å². The highest BCUT2D eigenvalue weighted by atomic mass is 32.1. The molecule has 3 aromatic rings. The number of rotatable bonds is 13. The molecule has 0 saturated carbocycles. The second-order valence-corrected chi connectivity index (χ2v) is 9.71. The molecule has 0 saturated heterocycles. The first-order valence-corrected chi connectivity index (χ1v) is 13.5. The minimum absolute atomic E-state index is 0.0852.